The molecule has 22 heavy (non-hydrogen) atoms. The van der Waals surface area contributed by atoms with Crippen molar-refractivity contribution >= 4 is 40.8 Å². The SMILES string of the molecule is O=[N+]([O-])/C(C=Nc1ccc(Cl)cc1)=C\Nc1ccc(Cl)cc1. The quantitative estimate of drug-likeness (QED) is 0.478. The van der Waals surface area contributed by atoms with Gasteiger partial charge in [-0.15, -0.1) is 0 Å². The topological polar surface area (TPSA) is 67.5 Å². The van der Waals surface area contributed by atoms with Crippen LogP contribution in [0.5, 0.6) is 0 Å². The normalized spacial score (nSPS) is 11.6. The molecule has 0 aliphatic carbocycles. The van der Waals surface area contributed by atoms with Gasteiger partial charge >= 0.3 is 5.70 Å². The molecule has 0 heterocycles. The van der Waals surface area contributed by atoms with Crippen LogP contribution in [0.4, 0.5) is 11.4 Å². The summed E-state index contributed by atoms with van der Waals surface area (Å²) in [6.45, 7) is 0. The number of halogens is 2. The largest absolute Gasteiger partial charge is 0.356 e. The number of benzene rings is 2. The van der Waals surface area contributed by atoms with Gasteiger partial charge in [0.1, 0.15) is 6.21 Å². The fraction of sp³-hybridized carbons (Fsp3) is 0. The summed E-state index contributed by atoms with van der Waals surface area (Å²) in [6, 6.07) is 13.5. The minimum atomic E-state index is -0.525. The Morgan fingerprint density at radius 1 is 1.05 bits per heavy atom. The molecule has 7 heteroatoms. The van der Waals surface area contributed by atoms with Crippen molar-refractivity contribution in [2.75, 3.05) is 5.32 Å². The van der Waals surface area contributed by atoms with Gasteiger partial charge in [-0.2, -0.15) is 0 Å². The van der Waals surface area contributed by atoms with Crippen LogP contribution in [0.2, 0.25) is 10.0 Å². The Hall–Kier alpha value is -2.37. The molecular weight excluding hydrogens is 325 g/mol. The molecule has 0 aromatic heterocycles. The van der Waals surface area contributed by atoms with Crippen molar-refractivity contribution in [3.8, 4) is 0 Å². The van der Waals surface area contributed by atoms with Gasteiger partial charge in [-0.1, -0.05) is 23.2 Å². The Labute approximate surface area is 137 Å². The number of anilines is 1. The number of rotatable bonds is 5. The molecule has 0 bridgehead atoms. The molecule has 0 radical (unpaired) electrons. The van der Waals surface area contributed by atoms with Crippen molar-refractivity contribution in [2.45, 2.75) is 0 Å². The van der Waals surface area contributed by atoms with Crippen molar-refractivity contribution in [2.24, 2.45) is 4.99 Å². The lowest BCUT2D eigenvalue weighted by Crippen LogP contribution is -2.03. The van der Waals surface area contributed by atoms with Gasteiger partial charge < -0.3 is 5.32 Å². The summed E-state index contributed by atoms with van der Waals surface area (Å²) in [5.41, 5.74) is 1.08. The standard InChI is InChI=1S/C15H11Cl2N3O2/c16-11-1-5-13(6-2-11)18-9-15(20(21)22)10-19-14-7-3-12(17)4-8-14/h1-10,18H/b15-9-,19-10?. The second-order valence-corrected chi connectivity index (χ2v) is 5.09. The van der Waals surface area contributed by atoms with E-state index in [0.717, 1.165) is 0 Å². The summed E-state index contributed by atoms with van der Waals surface area (Å²) in [4.78, 5) is 14.5. The molecule has 0 amide bonds. The molecule has 0 saturated heterocycles. The maximum atomic E-state index is 11.0. The first-order valence-corrected chi connectivity index (χ1v) is 6.96. The second-order valence-electron chi connectivity index (χ2n) is 4.21. The number of nitrogens with zero attached hydrogens (tertiary/aromatic N) is 2. The summed E-state index contributed by atoms with van der Waals surface area (Å²) in [7, 11) is 0. The van der Waals surface area contributed by atoms with Gasteiger partial charge in [0.2, 0.25) is 0 Å². The fourth-order valence-electron chi connectivity index (χ4n) is 1.51. The zero-order valence-corrected chi connectivity index (χ0v) is 12.8. The van der Waals surface area contributed by atoms with E-state index in [4.69, 9.17) is 23.2 Å². The average Bonchev–Trinajstić information content (AvgIpc) is 2.50. The van der Waals surface area contributed by atoms with Gasteiger partial charge in [0, 0.05) is 15.7 Å². The smallest absolute Gasteiger partial charge is 0.303 e. The molecule has 2 aromatic rings. The van der Waals surface area contributed by atoms with Gasteiger partial charge in [0.15, 0.2) is 0 Å². The molecule has 2 rings (SSSR count). The fourth-order valence-corrected chi connectivity index (χ4v) is 1.76. The van der Waals surface area contributed by atoms with Crippen molar-refractivity contribution in [3.05, 3.63) is 80.6 Å². The maximum absolute atomic E-state index is 11.0. The highest BCUT2D eigenvalue weighted by molar-refractivity contribution is 6.30. The van der Waals surface area contributed by atoms with E-state index in [1.54, 1.807) is 48.5 Å². The molecule has 0 aliphatic rings. The van der Waals surface area contributed by atoms with Crippen LogP contribution in [0.15, 0.2) is 65.4 Å². The zero-order valence-electron chi connectivity index (χ0n) is 11.2. The molecular formula is C15H11Cl2N3O2. The van der Waals surface area contributed by atoms with Crippen LogP contribution in [0.3, 0.4) is 0 Å². The Morgan fingerprint density at radius 2 is 1.59 bits per heavy atom. The molecule has 0 saturated carbocycles. The third-order valence-corrected chi connectivity index (χ3v) is 3.12. The van der Waals surface area contributed by atoms with E-state index in [0.29, 0.717) is 21.4 Å². The van der Waals surface area contributed by atoms with E-state index < -0.39 is 4.92 Å². The van der Waals surface area contributed by atoms with E-state index in [2.05, 4.69) is 10.3 Å². The Balaban J connectivity index is 2.12. The minimum absolute atomic E-state index is 0.176. The summed E-state index contributed by atoms with van der Waals surface area (Å²) in [6.07, 6.45) is 2.44. The lowest BCUT2D eigenvalue weighted by molar-refractivity contribution is -0.414. The number of aliphatic imine (C=N–C) groups is 1. The van der Waals surface area contributed by atoms with Gasteiger partial charge in [-0.05, 0) is 48.5 Å². The van der Waals surface area contributed by atoms with Crippen LogP contribution in [-0.4, -0.2) is 11.1 Å². The van der Waals surface area contributed by atoms with Crippen LogP contribution in [0.25, 0.3) is 0 Å². The maximum Gasteiger partial charge on any atom is 0.303 e. The number of nitro groups is 1. The van der Waals surface area contributed by atoms with E-state index in [-0.39, 0.29) is 5.70 Å². The monoisotopic (exact) mass is 335 g/mol. The molecule has 0 spiro atoms. The van der Waals surface area contributed by atoms with Gasteiger partial charge in [-0.25, -0.2) is 4.99 Å². The van der Waals surface area contributed by atoms with Crippen LogP contribution in [-0.2, 0) is 0 Å². The highest BCUT2D eigenvalue weighted by atomic mass is 35.5. The lowest BCUT2D eigenvalue weighted by Gasteiger charge is -2.00. The van der Waals surface area contributed by atoms with Crippen LogP contribution < -0.4 is 5.32 Å². The third-order valence-electron chi connectivity index (χ3n) is 2.61. The lowest BCUT2D eigenvalue weighted by atomic mass is 10.3. The average molecular weight is 336 g/mol. The number of hydrogen-bond acceptors (Lipinski definition) is 4. The van der Waals surface area contributed by atoms with Crippen molar-refractivity contribution < 1.29 is 4.92 Å². The van der Waals surface area contributed by atoms with Gasteiger partial charge in [0.25, 0.3) is 0 Å². The first-order valence-electron chi connectivity index (χ1n) is 6.21. The van der Waals surface area contributed by atoms with Crippen LogP contribution in [0, 0.1) is 10.1 Å². The first kappa shape index (κ1) is 16.0. The van der Waals surface area contributed by atoms with Crippen molar-refractivity contribution in [3.63, 3.8) is 0 Å². The molecule has 0 unspecified atom stereocenters. The second kappa shape index (κ2) is 7.59. The summed E-state index contributed by atoms with van der Waals surface area (Å²) >= 11 is 11.5. The Bertz CT molecular complexity index is 711. The van der Waals surface area contributed by atoms with Gasteiger partial charge in [-0.3, -0.25) is 10.1 Å². The molecule has 1 N–H and O–H groups in total. The highest BCUT2D eigenvalue weighted by Gasteiger charge is 2.06. The van der Waals surface area contributed by atoms with Crippen molar-refractivity contribution in [1.29, 1.82) is 0 Å². The Kier molecular flexibility index (Phi) is 5.52. The predicted molar refractivity (Wildman–Crippen MR) is 89.8 cm³/mol. The molecule has 2 aromatic carbocycles. The first-order chi connectivity index (χ1) is 10.5. The molecule has 0 aliphatic heterocycles. The number of nitrogens with one attached hydrogen (secondary N) is 1. The summed E-state index contributed by atoms with van der Waals surface area (Å²) in [5.74, 6) is 0. The Morgan fingerprint density at radius 3 is 2.14 bits per heavy atom. The predicted octanol–water partition coefficient (Wildman–Crippen LogP) is 4.93. The van der Waals surface area contributed by atoms with Gasteiger partial charge in [0.05, 0.1) is 16.8 Å². The molecule has 0 atom stereocenters. The molecule has 112 valence electrons. The zero-order chi connectivity index (χ0) is 15.9. The number of allylic oxidation sites excluding steroid dienone is 1. The highest BCUT2D eigenvalue weighted by Crippen LogP contribution is 2.16. The molecule has 0 fully saturated rings. The minimum Gasteiger partial charge on any atom is -0.356 e. The van der Waals surface area contributed by atoms with E-state index in [1.807, 2.05) is 0 Å². The summed E-state index contributed by atoms with van der Waals surface area (Å²) in [5, 5.41) is 15.0. The van der Waals surface area contributed by atoms with Crippen LogP contribution >= 0.6 is 23.2 Å². The third kappa shape index (κ3) is 4.87. The number of hydrogen-bond donors (Lipinski definition) is 1. The molecule has 5 nitrogen and oxygen atoms in total. The van der Waals surface area contributed by atoms with E-state index in [9.17, 15) is 10.1 Å². The van der Waals surface area contributed by atoms with Crippen LogP contribution in [0.1, 0.15) is 0 Å². The summed E-state index contributed by atoms with van der Waals surface area (Å²) < 4.78 is 0. The van der Waals surface area contributed by atoms with Crippen molar-refractivity contribution in [1.82, 2.24) is 0 Å². The van der Waals surface area contributed by atoms with E-state index >= 15 is 0 Å². The van der Waals surface area contributed by atoms with E-state index in [1.165, 1.54) is 12.4 Å².